The molecule has 0 aliphatic rings. The average molecular weight is 226 g/mol. The minimum absolute atomic E-state index is 0.0968. The molecule has 0 aromatic carbocycles. The van der Waals surface area contributed by atoms with Crippen molar-refractivity contribution in [2.45, 2.75) is 13.8 Å². The number of nitrogens with one attached hydrogen (secondary N) is 1. The highest BCUT2D eigenvalue weighted by Crippen LogP contribution is 2.19. The van der Waals surface area contributed by atoms with Crippen molar-refractivity contribution < 1.29 is 0 Å². The minimum Gasteiger partial charge on any atom is -0.321 e. The summed E-state index contributed by atoms with van der Waals surface area (Å²) in [6, 6.07) is 1.72. The average Bonchev–Trinajstić information content (AvgIpc) is 2.29. The molecule has 0 unspecified atom stereocenters. The number of hydrogen-bond acceptors (Lipinski definition) is 2. The SMILES string of the molecule is C=Cc1c(C=C(C)C)[nH]c(=O)c2ccncc12. The van der Waals surface area contributed by atoms with Crippen LogP contribution in [-0.2, 0) is 0 Å². The van der Waals surface area contributed by atoms with Crippen molar-refractivity contribution in [3.05, 3.63) is 52.2 Å². The maximum atomic E-state index is 11.9. The highest BCUT2D eigenvalue weighted by Gasteiger charge is 2.07. The zero-order valence-corrected chi connectivity index (χ0v) is 9.95. The molecule has 86 valence electrons. The molecule has 3 nitrogen and oxygen atoms in total. The number of aromatic nitrogens is 2. The molecular weight excluding hydrogens is 212 g/mol. The van der Waals surface area contributed by atoms with E-state index in [0.29, 0.717) is 5.39 Å². The van der Waals surface area contributed by atoms with Crippen LogP contribution in [0.3, 0.4) is 0 Å². The van der Waals surface area contributed by atoms with E-state index in [9.17, 15) is 4.79 Å². The molecule has 0 amide bonds. The molecule has 0 aliphatic carbocycles. The van der Waals surface area contributed by atoms with Gasteiger partial charge in [0.1, 0.15) is 0 Å². The Morgan fingerprint density at radius 1 is 1.41 bits per heavy atom. The van der Waals surface area contributed by atoms with Crippen LogP contribution < -0.4 is 5.56 Å². The van der Waals surface area contributed by atoms with Crippen LogP contribution in [0.15, 0.2) is 35.4 Å². The number of nitrogens with zero attached hydrogens (tertiary/aromatic N) is 1. The lowest BCUT2D eigenvalue weighted by molar-refractivity contribution is 1.22. The fourth-order valence-electron chi connectivity index (χ4n) is 1.83. The molecule has 3 heteroatoms. The van der Waals surface area contributed by atoms with Crippen molar-refractivity contribution in [3.63, 3.8) is 0 Å². The second-order valence-corrected chi connectivity index (χ2v) is 4.13. The van der Waals surface area contributed by atoms with Gasteiger partial charge in [0.05, 0.1) is 5.39 Å². The lowest BCUT2D eigenvalue weighted by Crippen LogP contribution is -2.09. The fourth-order valence-corrected chi connectivity index (χ4v) is 1.83. The predicted molar refractivity (Wildman–Crippen MR) is 71.8 cm³/mol. The monoisotopic (exact) mass is 226 g/mol. The van der Waals surface area contributed by atoms with E-state index >= 15 is 0 Å². The Hall–Kier alpha value is -2.16. The molecule has 2 aromatic rings. The van der Waals surface area contributed by atoms with E-state index in [1.54, 1.807) is 24.5 Å². The Morgan fingerprint density at radius 3 is 2.82 bits per heavy atom. The topological polar surface area (TPSA) is 45.8 Å². The first-order chi connectivity index (χ1) is 8.13. The van der Waals surface area contributed by atoms with E-state index in [-0.39, 0.29) is 5.56 Å². The molecule has 2 aromatic heterocycles. The van der Waals surface area contributed by atoms with Gasteiger partial charge < -0.3 is 4.98 Å². The molecular formula is C14H14N2O. The van der Waals surface area contributed by atoms with Crippen molar-refractivity contribution in [2.75, 3.05) is 0 Å². The van der Waals surface area contributed by atoms with E-state index in [0.717, 1.165) is 22.2 Å². The fraction of sp³-hybridized carbons (Fsp3) is 0.143. The third kappa shape index (κ3) is 2.04. The highest BCUT2D eigenvalue weighted by molar-refractivity contribution is 5.91. The molecule has 0 saturated carbocycles. The smallest absolute Gasteiger partial charge is 0.256 e. The number of hydrogen-bond donors (Lipinski definition) is 1. The van der Waals surface area contributed by atoms with Crippen molar-refractivity contribution in [1.82, 2.24) is 9.97 Å². The molecule has 1 N–H and O–H groups in total. The number of allylic oxidation sites excluding steroid dienone is 1. The van der Waals surface area contributed by atoms with Crippen LogP contribution in [0.5, 0.6) is 0 Å². The molecule has 0 saturated heterocycles. The van der Waals surface area contributed by atoms with Crippen LogP contribution in [0.25, 0.3) is 22.9 Å². The lowest BCUT2D eigenvalue weighted by atomic mass is 10.0. The predicted octanol–water partition coefficient (Wildman–Crippen LogP) is 2.99. The van der Waals surface area contributed by atoms with Gasteiger partial charge in [0.25, 0.3) is 5.56 Å². The van der Waals surface area contributed by atoms with Crippen LogP contribution >= 0.6 is 0 Å². The van der Waals surface area contributed by atoms with Crippen LogP contribution in [-0.4, -0.2) is 9.97 Å². The van der Waals surface area contributed by atoms with Gasteiger partial charge in [-0.05, 0) is 26.0 Å². The van der Waals surface area contributed by atoms with Gasteiger partial charge in [-0.1, -0.05) is 18.2 Å². The van der Waals surface area contributed by atoms with E-state index in [4.69, 9.17) is 0 Å². The molecule has 0 radical (unpaired) electrons. The summed E-state index contributed by atoms with van der Waals surface area (Å²) in [7, 11) is 0. The van der Waals surface area contributed by atoms with E-state index in [1.165, 1.54) is 0 Å². The van der Waals surface area contributed by atoms with Crippen LogP contribution in [0.1, 0.15) is 25.1 Å². The Labute approximate surface area is 99.5 Å². The molecule has 2 rings (SSSR count). The Balaban J connectivity index is 2.92. The third-order valence-electron chi connectivity index (χ3n) is 2.53. The Bertz CT molecular complexity index is 661. The number of aromatic amines is 1. The van der Waals surface area contributed by atoms with E-state index in [1.807, 2.05) is 19.9 Å². The maximum Gasteiger partial charge on any atom is 0.256 e. The van der Waals surface area contributed by atoms with Crippen molar-refractivity contribution >= 4 is 22.9 Å². The summed E-state index contributed by atoms with van der Waals surface area (Å²) in [5.41, 5.74) is 2.71. The number of H-pyrrole nitrogens is 1. The van der Waals surface area contributed by atoms with Crippen LogP contribution in [0.4, 0.5) is 0 Å². The maximum absolute atomic E-state index is 11.9. The molecule has 0 atom stereocenters. The largest absolute Gasteiger partial charge is 0.321 e. The number of pyridine rings is 2. The first-order valence-corrected chi connectivity index (χ1v) is 5.41. The highest BCUT2D eigenvalue weighted by atomic mass is 16.1. The van der Waals surface area contributed by atoms with Gasteiger partial charge in [-0.25, -0.2) is 0 Å². The summed E-state index contributed by atoms with van der Waals surface area (Å²) in [6.07, 6.45) is 6.99. The summed E-state index contributed by atoms with van der Waals surface area (Å²) < 4.78 is 0. The summed E-state index contributed by atoms with van der Waals surface area (Å²) in [5.74, 6) is 0. The van der Waals surface area contributed by atoms with Crippen molar-refractivity contribution in [3.8, 4) is 0 Å². The van der Waals surface area contributed by atoms with E-state index < -0.39 is 0 Å². The molecule has 0 fully saturated rings. The molecule has 0 spiro atoms. The summed E-state index contributed by atoms with van der Waals surface area (Å²) in [6.45, 7) is 7.77. The van der Waals surface area contributed by atoms with Crippen LogP contribution in [0.2, 0.25) is 0 Å². The standard InChI is InChI=1S/C14H14N2O/c1-4-10-12-8-15-6-5-11(12)14(17)16-13(10)7-9(2)3/h4-8H,1H2,2-3H3,(H,16,17). The first kappa shape index (κ1) is 11.3. The van der Waals surface area contributed by atoms with Gasteiger partial charge in [-0.2, -0.15) is 0 Å². The minimum atomic E-state index is -0.0968. The second kappa shape index (κ2) is 4.37. The molecule has 2 heterocycles. The zero-order chi connectivity index (χ0) is 12.4. The normalized spacial score (nSPS) is 10.2. The first-order valence-electron chi connectivity index (χ1n) is 5.41. The van der Waals surface area contributed by atoms with Gasteiger partial charge in [-0.3, -0.25) is 9.78 Å². The zero-order valence-electron chi connectivity index (χ0n) is 9.95. The molecule has 0 aliphatic heterocycles. The van der Waals surface area contributed by atoms with Gasteiger partial charge in [0.15, 0.2) is 0 Å². The van der Waals surface area contributed by atoms with Crippen LogP contribution in [0, 0.1) is 0 Å². The third-order valence-corrected chi connectivity index (χ3v) is 2.53. The lowest BCUT2D eigenvalue weighted by Gasteiger charge is -2.06. The second-order valence-electron chi connectivity index (χ2n) is 4.13. The summed E-state index contributed by atoms with van der Waals surface area (Å²) in [4.78, 5) is 18.8. The molecule has 17 heavy (non-hydrogen) atoms. The Kier molecular flexibility index (Phi) is 2.91. The summed E-state index contributed by atoms with van der Waals surface area (Å²) in [5, 5.41) is 1.47. The van der Waals surface area contributed by atoms with Gasteiger partial charge >= 0.3 is 0 Å². The summed E-state index contributed by atoms with van der Waals surface area (Å²) >= 11 is 0. The Morgan fingerprint density at radius 2 is 2.18 bits per heavy atom. The van der Waals surface area contributed by atoms with Gasteiger partial charge in [-0.15, -0.1) is 0 Å². The number of fused-ring (bicyclic) bond motifs is 1. The number of rotatable bonds is 2. The van der Waals surface area contributed by atoms with Gasteiger partial charge in [0, 0.05) is 29.0 Å². The quantitative estimate of drug-likeness (QED) is 0.855. The van der Waals surface area contributed by atoms with Crippen molar-refractivity contribution in [2.24, 2.45) is 0 Å². The van der Waals surface area contributed by atoms with E-state index in [2.05, 4.69) is 16.5 Å². The van der Waals surface area contributed by atoms with Crippen molar-refractivity contribution in [1.29, 1.82) is 0 Å². The van der Waals surface area contributed by atoms with Gasteiger partial charge in [0.2, 0.25) is 0 Å². The molecule has 0 bridgehead atoms.